The topological polar surface area (TPSA) is 214 Å². The van der Waals surface area contributed by atoms with Crippen LogP contribution in [0.5, 0.6) is 5.75 Å². The number of aromatic nitrogens is 1. The summed E-state index contributed by atoms with van der Waals surface area (Å²) in [7, 11) is -3.88. The molecule has 14 nitrogen and oxygen atoms in total. The molecule has 16 heteroatoms. The first-order valence-corrected chi connectivity index (χ1v) is 19.8. The first kappa shape index (κ1) is 40.8. The normalized spacial score (nSPS) is 17.5. The predicted octanol–water partition coefficient (Wildman–Crippen LogP) is 2.25. The lowest BCUT2D eigenvalue weighted by molar-refractivity contribution is -0.0902. The van der Waals surface area contributed by atoms with E-state index < -0.39 is 53.6 Å². The molecule has 0 bridgehead atoms. The van der Waals surface area contributed by atoms with Gasteiger partial charge in [0.15, 0.2) is 0 Å². The van der Waals surface area contributed by atoms with E-state index in [0.717, 1.165) is 48.1 Å². The van der Waals surface area contributed by atoms with E-state index in [2.05, 4.69) is 27.0 Å². The van der Waals surface area contributed by atoms with Gasteiger partial charge in [0, 0.05) is 54.7 Å². The average Bonchev–Trinajstić information content (AvgIpc) is 4.12. The largest absolute Gasteiger partial charge is 0.490 e. The standard InChI is InChI=1S/C37H50ClN5O9S/c1-2-43(18-6-5-16-40-36(49)42-31(22-44)34(47)35(48)32(46)23-45)53(50,51)26-11-12-30(38)24(19-26)20-41-37(14-15-37)29-21-39-17-13-27(29)28-7-3-4-8-33(28)52-25-9-10-25/h3-4,7-8,11-13,17,19,21,25,31-32,34-35,41,44-48H,2,5-6,9-10,14-16,18,20,22-23H2,1H3,(H2,40,42,49). The first-order valence-electron chi connectivity index (χ1n) is 18.0. The highest BCUT2D eigenvalue weighted by atomic mass is 35.5. The Kier molecular flexibility index (Phi) is 14.1. The molecule has 0 spiro atoms. The molecule has 290 valence electrons. The van der Waals surface area contributed by atoms with Crippen molar-refractivity contribution >= 4 is 27.7 Å². The van der Waals surface area contributed by atoms with Crippen LogP contribution in [0.1, 0.15) is 56.6 Å². The minimum Gasteiger partial charge on any atom is -0.490 e. The number of nitrogens with one attached hydrogen (secondary N) is 3. The number of ether oxygens (including phenoxy) is 1. The summed E-state index contributed by atoms with van der Waals surface area (Å²) in [6, 6.07) is 12.7. The summed E-state index contributed by atoms with van der Waals surface area (Å²) in [5.41, 5.74) is 3.41. The monoisotopic (exact) mass is 775 g/mol. The Balaban J connectivity index is 1.17. The van der Waals surface area contributed by atoms with Crippen molar-refractivity contribution in [2.75, 3.05) is 32.8 Å². The van der Waals surface area contributed by atoms with Gasteiger partial charge in [-0.25, -0.2) is 13.2 Å². The van der Waals surface area contributed by atoms with Gasteiger partial charge in [0.05, 0.1) is 30.3 Å². The number of sulfonamides is 1. The Hall–Kier alpha value is -3.38. The number of carbonyl (C=O) groups is 1. The number of pyridine rings is 1. The van der Waals surface area contributed by atoms with E-state index in [1.54, 1.807) is 25.3 Å². The van der Waals surface area contributed by atoms with E-state index in [9.17, 15) is 33.6 Å². The Labute approximate surface area is 315 Å². The lowest BCUT2D eigenvalue weighted by atomic mass is 9.94. The second-order valence-electron chi connectivity index (χ2n) is 13.5. The Morgan fingerprint density at radius 3 is 2.47 bits per heavy atom. The minimum absolute atomic E-state index is 0.123. The number of aliphatic hydroxyl groups is 5. The summed E-state index contributed by atoms with van der Waals surface area (Å²) in [5, 5.41) is 57.0. The van der Waals surface area contributed by atoms with E-state index in [4.69, 9.17) is 21.4 Å². The van der Waals surface area contributed by atoms with Gasteiger partial charge in [-0.1, -0.05) is 36.7 Å². The number of carbonyl (C=O) groups excluding carboxylic acids is 1. The SMILES string of the molecule is CCN(CCCCNC(=O)NC(CO)C(O)C(O)C(O)CO)S(=O)(=O)c1ccc(Cl)c(CNC2(c3cnccc3-c3ccccc3OC3CC3)CC2)c1. The number of urea groups is 1. The third kappa shape index (κ3) is 10.2. The van der Waals surface area contributed by atoms with Crippen LogP contribution < -0.4 is 20.7 Å². The molecule has 2 amide bonds. The highest BCUT2D eigenvalue weighted by molar-refractivity contribution is 7.89. The van der Waals surface area contributed by atoms with Crippen LogP contribution in [0.2, 0.25) is 5.02 Å². The maximum Gasteiger partial charge on any atom is 0.315 e. The van der Waals surface area contributed by atoms with Crippen molar-refractivity contribution in [3.8, 4) is 16.9 Å². The number of halogens is 1. The van der Waals surface area contributed by atoms with Crippen molar-refractivity contribution in [2.45, 2.75) is 92.9 Å². The van der Waals surface area contributed by atoms with Gasteiger partial charge in [-0.15, -0.1) is 0 Å². The highest BCUT2D eigenvalue weighted by Gasteiger charge is 2.46. The van der Waals surface area contributed by atoms with Gasteiger partial charge in [0.1, 0.15) is 24.1 Å². The number of benzene rings is 2. The van der Waals surface area contributed by atoms with Crippen molar-refractivity contribution in [2.24, 2.45) is 0 Å². The molecular formula is C37H50ClN5O9S. The lowest BCUT2D eigenvalue weighted by Crippen LogP contribution is -2.56. The molecule has 2 aromatic carbocycles. The average molecular weight is 776 g/mol. The van der Waals surface area contributed by atoms with Crippen LogP contribution in [0.4, 0.5) is 4.79 Å². The zero-order valence-corrected chi connectivity index (χ0v) is 31.3. The number of hydrogen-bond donors (Lipinski definition) is 8. The molecular weight excluding hydrogens is 726 g/mol. The Morgan fingerprint density at radius 1 is 1.04 bits per heavy atom. The van der Waals surface area contributed by atoms with E-state index in [1.807, 2.05) is 30.5 Å². The van der Waals surface area contributed by atoms with E-state index in [1.165, 1.54) is 10.4 Å². The van der Waals surface area contributed by atoms with Crippen LogP contribution in [0, 0.1) is 0 Å². The van der Waals surface area contributed by atoms with Gasteiger partial charge >= 0.3 is 6.03 Å². The maximum atomic E-state index is 13.8. The number of amides is 2. The fraction of sp³-hybridized carbons (Fsp3) is 0.514. The van der Waals surface area contributed by atoms with Crippen LogP contribution in [0.15, 0.2) is 65.8 Å². The molecule has 1 aromatic heterocycles. The van der Waals surface area contributed by atoms with Gasteiger partial charge in [-0.3, -0.25) is 4.98 Å². The molecule has 1 heterocycles. The quantitative estimate of drug-likeness (QED) is 0.0735. The van der Waals surface area contributed by atoms with E-state index in [-0.39, 0.29) is 36.2 Å². The van der Waals surface area contributed by atoms with Gasteiger partial charge in [0.25, 0.3) is 0 Å². The number of rotatable bonds is 21. The van der Waals surface area contributed by atoms with Crippen molar-refractivity contribution in [1.29, 1.82) is 0 Å². The van der Waals surface area contributed by atoms with Crippen molar-refractivity contribution in [1.82, 2.24) is 25.2 Å². The van der Waals surface area contributed by atoms with Gasteiger partial charge in [-0.2, -0.15) is 4.31 Å². The van der Waals surface area contributed by atoms with Crippen molar-refractivity contribution < 1.29 is 43.5 Å². The van der Waals surface area contributed by atoms with Gasteiger partial charge in [-0.05, 0) is 85.5 Å². The number of hydrogen-bond acceptors (Lipinski definition) is 11. The summed E-state index contributed by atoms with van der Waals surface area (Å²) >= 11 is 6.62. The summed E-state index contributed by atoms with van der Waals surface area (Å²) < 4.78 is 35.1. The van der Waals surface area contributed by atoms with Crippen LogP contribution in [0.3, 0.4) is 0 Å². The number of para-hydroxylation sites is 1. The summed E-state index contributed by atoms with van der Waals surface area (Å²) in [6.07, 6.45) is 3.48. The summed E-state index contributed by atoms with van der Waals surface area (Å²) in [4.78, 5) is 16.9. The zero-order chi connectivity index (χ0) is 38.2. The molecule has 0 aliphatic heterocycles. The lowest BCUT2D eigenvalue weighted by Gasteiger charge is -2.28. The Bertz CT molecular complexity index is 1790. The molecule has 2 aliphatic rings. The maximum absolute atomic E-state index is 13.8. The highest BCUT2D eigenvalue weighted by Crippen LogP contribution is 2.50. The summed E-state index contributed by atoms with van der Waals surface area (Å²) in [5.74, 6) is 0.850. The van der Waals surface area contributed by atoms with Gasteiger partial charge < -0.3 is 46.2 Å². The summed E-state index contributed by atoms with van der Waals surface area (Å²) in [6.45, 7) is 1.13. The van der Waals surface area contributed by atoms with Crippen LogP contribution in [-0.2, 0) is 22.1 Å². The third-order valence-corrected chi connectivity index (χ3v) is 12.0. The molecule has 8 N–H and O–H groups in total. The van der Waals surface area contributed by atoms with Crippen molar-refractivity contribution in [3.05, 3.63) is 77.1 Å². The van der Waals surface area contributed by atoms with Crippen LogP contribution in [-0.4, -0.2) is 113 Å². The number of unbranched alkanes of at least 4 members (excludes halogenated alkanes) is 1. The molecule has 5 rings (SSSR count). The molecule has 4 unspecified atom stereocenters. The third-order valence-electron chi connectivity index (χ3n) is 9.68. The first-order chi connectivity index (χ1) is 25.4. The van der Waals surface area contributed by atoms with E-state index in [0.29, 0.717) is 30.0 Å². The molecule has 53 heavy (non-hydrogen) atoms. The minimum atomic E-state index is -3.88. The molecule has 4 atom stereocenters. The fourth-order valence-corrected chi connectivity index (χ4v) is 7.91. The molecule has 2 fully saturated rings. The van der Waals surface area contributed by atoms with E-state index >= 15 is 0 Å². The molecule has 0 saturated heterocycles. The number of aliphatic hydroxyl groups excluding tert-OH is 5. The Morgan fingerprint density at radius 2 is 1.79 bits per heavy atom. The second kappa shape index (κ2) is 18.3. The van der Waals surface area contributed by atoms with Crippen LogP contribution >= 0.6 is 11.6 Å². The zero-order valence-electron chi connectivity index (χ0n) is 29.7. The van der Waals surface area contributed by atoms with Gasteiger partial charge in [0.2, 0.25) is 10.0 Å². The van der Waals surface area contributed by atoms with Crippen LogP contribution in [0.25, 0.3) is 11.1 Å². The molecule has 2 aliphatic carbocycles. The smallest absolute Gasteiger partial charge is 0.315 e. The molecule has 2 saturated carbocycles. The second-order valence-corrected chi connectivity index (χ2v) is 15.9. The molecule has 3 aromatic rings. The predicted molar refractivity (Wildman–Crippen MR) is 199 cm³/mol. The molecule has 0 radical (unpaired) electrons. The fourth-order valence-electron chi connectivity index (χ4n) is 6.19. The number of nitrogens with zero attached hydrogens (tertiary/aromatic N) is 2. The van der Waals surface area contributed by atoms with Crippen molar-refractivity contribution in [3.63, 3.8) is 0 Å².